The van der Waals surface area contributed by atoms with E-state index in [9.17, 15) is 22.4 Å². The van der Waals surface area contributed by atoms with Crippen molar-refractivity contribution in [3.63, 3.8) is 0 Å². The highest BCUT2D eigenvalue weighted by atomic mass is 35.5. The SMILES string of the molecule is Nc1cc(NC(=O)c2ccc(Cl)c(C(F)(F)F)c2)ccc1F. The Bertz CT molecular complexity index is 731. The van der Waals surface area contributed by atoms with E-state index in [0.29, 0.717) is 6.07 Å². The summed E-state index contributed by atoms with van der Waals surface area (Å²) in [6, 6.07) is 6.22. The molecule has 0 radical (unpaired) electrons. The number of alkyl halides is 3. The first-order valence-corrected chi connectivity index (χ1v) is 6.29. The van der Waals surface area contributed by atoms with E-state index in [1.165, 1.54) is 6.07 Å². The summed E-state index contributed by atoms with van der Waals surface area (Å²) < 4.78 is 51.2. The van der Waals surface area contributed by atoms with Gasteiger partial charge >= 0.3 is 6.18 Å². The Kier molecular flexibility index (Phi) is 4.27. The molecule has 8 heteroatoms. The average molecular weight is 333 g/mol. The third kappa shape index (κ3) is 3.48. The molecule has 3 N–H and O–H groups in total. The van der Waals surface area contributed by atoms with Crippen molar-refractivity contribution in [1.29, 1.82) is 0 Å². The van der Waals surface area contributed by atoms with Crippen molar-refractivity contribution in [2.75, 3.05) is 11.1 Å². The van der Waals surface area contributed by atoms with Crippen molar-refractivity contribution in [3.05, 3.63) is 58.4 Å². The Labute approximate surface area is 127 Å². The van der Waals surface area contributed by atoms with Gasteiger partial charge in [0, 0.05) is 11.3 Å². The van der Waals surface area contributed by atoms with E-state index in [1.54, 1.807) is 0 Å². The maximum absolute atomic E-state index is 13.0. The number of amides is 1. The van der Waals surface area contributed by atoms with Crippen molar-refractivity contribution in [2.45, 2.75) is 6.18 Å². The van der Waals surface area contributed by atoms with Crippen LogP contribution in [0.3, 0.4) is 0 Å². The highest BCUT2D eigenvalue weighted by Crippen LogP contribution is 2.35. The molecule has 0 aliphatic carbocycles. The minimum absolute atomic E-state index is 0.160. The Morgan fingerprint density at radius 2 is 1.82 bits per heavy atom. The van der Waals surface area contributed by atoms with Gasteiger partial charge < -0.3 is 11.1 Å². The lowest BCUT2D eigenvalue weighted by atomic mass is 10.1. The number of nitrogens with one attached hydrogen (secondary N) is 1. The van der Waals surface area contributed by atoms with Crippen LogP contribution in [0.2, 0.25) is 5.02 Å². The third-order valence-electron chi connectivity index (χ3n) is 2.79. The van der Waals surface area contributed by atoms with Crippen LogP contribution in [0.1, 0.15) is 15.9 Å². The van der Waals surface area contributed by atoms with Gasteiger partial charge in [0.2, 0.25) is 0 Å². The van der Waals surface area contributed by atoms with Crippen molar-refractivity contribution >= 4 is 28.9 Å². The van der Waals surface area contributed by atoms with E-state index < -0.39 is 28.5 Å². The second kappa shape index (κ2) is 5.84. The molecule has 2 rings (SSSR count). The summed E-state index contributed by atoms with van der Waals surface area (Å²) in [6.07, 6.45) is -4.67. The number of rotatable bonds is 2. The van der Waals surface area contributed by atoms with Crippen LogP contribution >= 0.6 is 11.6 Å². The predicted octanol–water partition coefficient (Wildman–Crippen LogP) is 4.33. The summed E-state index contributed by atoms with van der Waals surface area (Å²) in [6.45, 7) is 0. The number of benzene rings is 2. The van der Waals surface area contributed by atoms with E-state index in [2.05, 4.69) is 5.32 Å². The number of hydrogen-bond acceptors (Lipinski definition) is 2. The number of hydrogen-bond donors (Lipinski definition) is 2. The fraction of sp³-hybridized carbons (Fsp3) is 0.0714. The maximum atomic E-state index is 13.0. The quantitative estimate of drug-likeness (QED) is 0.635. The number of anilines is 2. The van der Waals surface area contributed by atoms with Crippen LogP contribution < -0.4 is 11.1 Å². The van der Waals surface area contributed by atoms with Gasteiger partial charge in [-0.3, -0.25) is 4.79 Å². The van der Waals surface area contributed by atoms with Crippen molar-refractivity contribution in [1.82, 2.24) is 0 Å². The molecule has 0 saturated heterocycles. The van der Waals surface area contributed by atoms with Crippen LogP contribution in [0.25, 0.3) is 0 Å². The van der Waals surface area contributed by atoms with Crippen LogP contribution in [0.5, 0.6) is 0 Å². The van der Waals surface area contributed by atoms with E-state index >= 15 is 0 Å². The van der Waals surface area contributed by atoms with E-state index in [0.717, 1.165) is 24.3 Å². The monoisotopic (exact) mass is 332 g/mol. The van der Waals surface area contributed by atoms with Gasteiger partial charge in [-0.05, 0) is 36.4 Å². The first-order valence-electron chi connectivity index (χ1n) is 5.91. The molecule has 2 aromatic carbocycles. The Hall–Kier alpha value is -2.28. The zero-order valence-electron chi connectivity index (χ0n) is 10.8. The standard InChI is InChI=1S/C14H9ClF4N2O/c15-10-3-1-7(5-9(10)14(17,18)19)13(22)21-8-2-4-11(16)12(20)6-8/h1-6H,20H2,(H,21,22). The van der Waals surface area contributed by atoms with E-state index in [-0.39, 0.29) is 16.9 Å². The van der Waals surface area contributed by atoms with Gasteiger partial charge in [0.05, 0.1) is 16.3 Å². The molecule has 0 heterocycles. The third-order valence-corrected chi connectivity index (χ3v) is 3.12. The summed E-state index contributed by atoms with van der Waals surface area (Å²) in [5.41, 5.74) is 3.97. The number of carbonyl (C=O) groups excluding carboxylic acids is 1. The molecular weight excluding hydrogens is 324 g/mol. The average Bonchev–Trinajstić information content (AvgIpc) is 2.42. The number of nitrogens with two attached hydrogens (primary N) is 1. The van der Waals surface area contributed by atoms with Crippen LogP contribution in [0.4, 0.5) is 28.9 Å². The van der Waals surface area contributed by atoms with Crippen LogP contribution in [0.15, 0.2) is 36.4 Å². The van der Waals surface area contributed by atoms with Gasteiger partial charge in [-0.1, -0.05) is 11.6 Å². The summed E-state index contributed by atoms with van der Waals surface area (Å²) in [4.78, 5) is 11.9. The Morgan fingerprint density at radius 1 is 1.14 bits per heavy atom. The molecule has 0 fully saturated rings. The van der Waals surface area contributed by atoms with Gasteiger partial charge in [-0.15, -0.1) is 0 Å². The molecule has 0 aliphatic heterocycles. The van der Waals surface area contributed by atoms with Crippen LogP contribution in [0, 0.1) is 5.82 Å². The molecule has 0 aliphatic rings. The molecule has 0 spiro atoms. The molecule has 22 heavy (non-hydrogen) atoms. The van der Waals surface area contributed by atoms with Crippen molar-refractivity contribution < 1.29 is 22.4 Å². The molecule has 1 amide bonds. The molecule has 3 nitrogen and oxygen atoms in total. The Balaban J connectivity index is 2.28. The molecule has 0 atom stereocenters. The zero-order valence-corrected chi connectivity index (χ0v) is 11.6. The first kappa shape index (κ1) is 16.1. The van der Waals surface area contributed by atoms with Crippen LogP contribution in [-0.2, 0) is 6.18 Å². The summed E-state index contributed by atoms with van der Waals surface area (Å²) in [7, 11) is 0. The lowest BCUT2D eigenvalue weighted by Crippen LogP contribution is -2.14. The second-order valence-electron chi connectivity index (χ2n) is 4.38. The molecule has 0 unspecified atom stereocenters. The molecular formula is C14H9ClF4N2O. The number of carbonyl (C=O) groups is 1. The van der Waals surface area contributed by atoms with Gasteiger partial charge in [0.15, 0.2) is 0 Å². The summed E-state index contributed by atoms with van der Waals surface area (Å²) >= 11 is 5.47. The second-order valence-corrected chi connectivity index (χ2v) is 4.79. The molecule has 2 aromatic rings. The fourth-order valence-corrected chi connectivity index (χ4v) is 1.93. The number of halogens is 5. The predicted molar refractivity (Wildman–Crippen MR) is 75.2 cm³/mol. The van der Waals surface area contributed by atoms with E-state index in [4.69, 9.17) is 17.3 Å². The molecule has 0 bridgehead atoms. The van der Waals surface area contributed by atoms with Gasteiger partial charge in [0.25, 0.3) is 5.91 Å². The minimum atomic E-state index is -4.67. The topological polar surface area (TPSA) is 55.1 Å². The van der Waals surface area contributed by atoms with Gasteiger partial charge in [-0.25, -0.2) is 4.39 Å². The molecule has 0 aromatic heterocycles. The highest BCUT2D eigenvalue weighted by Gasteiger charge is 2.33. The minimum Gasteiger partial charge on any atom is -0.396 e. The zero-order chi connectivity index (χ0) is 16.5. The number of nitrogen functional groups attached to an aromatic ring is 1. The van der Waals surface area contributed by atoms with Gasteiger partial charge in [-0.2, -0.15) is 13.2 Å². The first-order chi connectivity index (χ1) is 10.2. The molecule has 116 valence electrons. The van der Waals surface area contributed by atoms with Crippen molar-refractivity contribution in [3.8, 4) is 0 Å². The lowest BCUT2D eigenvalue weighted by molar-refractivity contribution is -0.137. The summed E-state index contributed by atoms with van der Waals surface area (Å²) in [5, 5.41) is 1.82. The highest BCUT2D eigenvalue weighted by molar-refractivity contribution is 6.31. The lowest BCUT2D eigenvalue weighted by Gasteiger charge is -2.11. The van der Waals surface area contributed by atoms with E-state index in [1.807, 2.05) is 0 Å². The van der Waals surface area contributed by atoms with Crippen molar-refractivity contribution in [2.24, 2.45) is 0 Å². The maximum Gasteiger partial charge on any atom is 0.417 e. The normalized spacial score (nSPS) is 11.3. The van der Waals surface area contributed by atoms with Gasteiger partial charge in [0.1, 0.15) is 5.82 Å². The smallest absolute Gasteiger partial charge is 0.396 e. The molecule has 0 saturated carbocycles. The largest absolute Gasteiger partial charge is 0.417 e. The van der Waals surface area contributed by atoms with Crippen LogP contribution in [-0.4, -0.2) is 5.91 Å². The fourth-order valence-electron chi connectivity index (χ4n) is 1.71. The summed E-state index contributed by atoms with van der Waals surface area (Å²) in [5.74, 6) is -1.46. The Morgan fingerprint density at radius 3 is 2.41 bits per heavy atom.